The molecule has 5 heteroatoms. The lowest BCUT2D eigenvalue weighted by molar-refractivity contribution is 0.112. The van der Waals surface area contributed by atoms with Crippen molar-refractivity contribution in [2.75, 3.05) is 39.1 Å². The maximum atomic E-state index is 11.1. The lowest BCUT2D eigenvalue weighted by atomic mass is 10.0. The molecule has 108 valence electrons. The predicted octanol–water partition coefficient (Wildman–Crippen LogP) is 2.86. The summed E-state index contributed by atoms with van der Waals surface area (Å²) in [5.74, 6) is 0.348. The van der Waals surface area contributed by atoms with Gasteiger partial charge in [-0.05, 0) is 39.4 Å². The van der Waals surface area contributed by atoms with Crippen molar-refractivity contribution in [1.82, 2.24) is 9.88 Å². The standard InChI is InChI=1S/C14H25N3OS/c1-6-11(2)13-12(10-18)19-14(15-13)17(5)9-7-8-16(3)4/h10-11H,6-9H2,1-5H3. The van der Waals surface area contributed by atoms with Gasteiger partial charge in [0, 0.05) is 13.6 Å². The molecule has 0 saturated heterocycles. The van der Waals surface area contributed by atoms with Crippen LogP contribution in [-0.2, 0) is 0 Å². The van der Waals surface area contributed by atoms with E-state index in [1.54, 1.807) is 0 Å². The average Bonchev–Trinajstić information content (AvgIpc) is 2.81. The Balaban J connectivity index is 2.72. The van der Waals surface area contributed by atoms with Crippen LogP contribution in [0.2, 0.25) is 0 Å². The number of thiazole rings is 1. The van der Waals surface area contributed by atoms with Gasteiger partial charge in [0.15, 0.2) is 11.4 Å². The van der Waals surface area contributed by atoms with Crippen molar-refractivity contribution >= 4 is 22.8 Å². The first-order chi connectivity index (χ1) is 8.99. The Morgan fingerprint density at radius 2 is 2.00 bits per heavy atom. The minimum absolute atomic E-state index is 0.348. The fourth-order valence-electron chi connectivity index (χ4n) is 1.85. The zero-order valence-corrected chi connectivity index (χ0v) is 13.5. The topological polar surface area (TPSA) is 36.4 Å². The lowest BCUT2D eigenvalue weighted by Gasteiger charge is -2.17. The second-order valence-electron chi connectivity index (χ2n) is 5.25. The monoisotopic (exact) mass is 283 g/mol. The van der Waals surface area contributed by atoms with Crippen LogP contribution in [0.15, 0.2) is 0 Å². The van der Waals surface area contributed by atoms with E-state index in [-0.39, 0.29) is 0 Å². The van der Waals surface area contributed by atoms with E-state index in [4.69, 9.17) is 0 Å². The highest BCUT2D eigenvalue weighted by Gasteiger charge is 2.17. The van der Waals surface area contributed by atoms with Crippen LogP contribution in [0, 0.1) is 0 Å². The van der Waals surface area contributed by atoms with Gasteiger partial charge < -0.3 is 9.80 Å². The summed E-state index contributed by atoms with van der Waals surface area (Å²) in [5, 5.41) is 0.955. The number of carbonyl (C=O) groups excluding carboxylic acids is 1. The van der Waals surface area contributed by atoms with Gasteiger partial charge in [-0.15, -0.1) is 0 Å². The van der Waals surface area contributed by atoms with Crippen molar-refractivity contribution in [3.63, 3.8) is 0 Å². The number of carbonyl (C=O) groups is 1. The van der Waals surface area contributed by atoms with Crippen LogP contribution in [0.3, 0.4) is 0 Å². The van der Waals surface area contributed by atoms with E-state index in [9.17, 15) is 4.79 Å². The Kier molecular flexibility index (Phi) is 6.45. The molecule has 0 aliphatic heterocycles. The van der Waals surface area contributed by atoms with E-state index >= 15 is 0 Å². The molecule has 1 atom stereocenters. The predicted molar refractivity (Wildman–Crippen MR) is 82.6 cm³/mol. The number of hydrogen-bond acceptors (Lipinski definition) is 5. The number of aromatic nitrogens is 1. The molecule has 1 aromatic rings. The van der Waals surface area contributed by atoms with E-state index in [0.29, 0.717) is 5.92 Å². The van der Waals surface area contributed by atoms with E-state index in [0.717, 1.165) is 47.9 Å². The summed E-state index contributed by atoms with van der Waals surface area (Å²) >= 11 is 1.50. The lowest BCUT2D eigenvalue weighted by Crippen LogP contribution is -2.23. The number of aldehydes is 1. The molecular weight excluding hydrogens is 258 g/mol. The first kappa shape index (κ1) is 16.1. The van der Waals surface area contributed by atoms with Gasteiger partial charge in [-0.2, -0.15) is 0 Å². The molecule has 0 radical (unpaired) electrons. The zero-order chi connectivity index (χ0) is 14.4. The molecule has 1 aromatic heterocycles. The van der Waals surface area contributed by atoms with Gasteiger partial charge in [-0.3, -0.25) is 4.79 Å². The minimum atomic E-state index is 0.348. The molecule has 1 rings (SSSR count). The normalized spacial score (nSPS) is 12.7. The molecule has 19 heavy (non-hydrogen) atoms. The summed E-state index contributed by atoms with van der Waals surface area (Å²) < 4.78 is 0. The van der Waals surface area contributed by atoms with Gasteiger partial charge in [0.05, 0.1) is 10.6 Å². The van der Waals surface area contributed by atoms with Crippen LogP contribution < -0.4 is 4.90 Å². The first-order valence-electron chi connectivity index (χ1n) is 6.81. The van der Waals surface area contributed by atoms with Crippen LogP contribution >= 0.6 is 11.3 Å². The third-order valence-electron chi connectivity index (χ3n) is 3.28. The summed E-state index contributed by atoms with van der Waals surface area (Å²) in [6.07, 6.45) is 3.04. The number of hydrogen-bond donors (Lipinski definition) is 0. The molecule has 0 spiro atoms. The number of anilines is 1. The second-order valence-corrected chi connectivity index (χ2v) is 6.26. The Labute approximate surface area is 120 Å². The quantitative estimate of drug-likeness (QED) is 0.687. The molecule has 0 N–H and O–H groups in total. The van der Waals surface area contributed by atoms with Gasteiger partial charge in [-0.25, -0.2) is 4.98 Å². The largest absolute Gasteiger partial charge is 0.351 e. The first-order valence-corrected chi connectivity index (χ1v) is 7.63. The SMILES string of the molecule is CCC(C)c1nc(N(C)CCCN(C)C)sc1C=O. The van der Waals surface area contributed by atoms with Crippen molar-refractivity contribution in [1.29, 1.82) is 0 Å². The summed E-state index contributed by atoms with van der Waals surface area (Å²) in [5.41, 5.74) is 0.956. The van der Waals surface area contributed by atoms with Gasteiger partial charge in [0.2, 0.25) is 0 Å². The van der Waals surface area contributed by atoms with E-state index < -0.39 is 0 Å². The molecule has 0 aromatic carbocycles. The van der Waals surface area contributed by atoms with Gasteiger partial charge >= 0.3 is 0 Å². The third kappa shape index (κ3) is 4.58. The molecule has 0 aliphatic rings. The van der Waals surface area contributed by atoms with Crippen LogP contribution in [0.1, 0.15) is 48.0 Å². The highest BCUT2D eigenvalue weighted by molar-refractivity contribution is 7.17. The van der Waals surface area contributed by atoms with Crippen molar-refractivity contribution in [2.24, 2.45) is 0 Å². The van der Waals surface area contributed by atoms with Gasteiger partial charge in [0.1, 0.15) is 0 Å². The molecule has 0 saturated carbocycles. The molecular formula is C14H25N3OS. The Morgan fingerprint density at radius 1 is 1.32 bits per heavy atom. The van der Waals surface area contributed by atoms with Crippen LogP contribution in [0.25, 0.3) is 0 Å². The van der Waals surface area contributed by atoms with E-state index in [1.165, 1.54) is 11.3 Å². The van der Waals surface area contributed by atoms with Crippen LogP contribution in [0.5, 0.6) is 0 Å². The average molecular weight is 283 g/mol. The van der Waals surface area contributed by atoms with Crippen molar-refractivity contribution in [3.8, 4) is 0 Å². The Morgan fingerprint density at radius 3 is 2.53 bits per heavy atom. The maximum Gasteiger partial charge on any atom is 0.185 e. The number of nitrogens with zero attached hydrogens (tertiary/aromatic N) is 3. The van der Waals surface area contributed by atoms with Crippen molar-refractivity contribution in [3.05, 3.63) is 10.6 Å². The smallest absolute Gasteiger partial charge is 0.185 e. The van der Waals surface area contributed by atoms with Crippen LogP contribution in [0.4, 0.5) is 5.13 Å². The minimum Gasteiger partial charge on any atom is -0.351 e. The van der Waals surface area contributed by atoms with Gasteiger partial charge in [-0.1, -0.05) is 25.2 Å². The highest BCUT2D eigenvalue weighted by atomic mass is 32.1. The van der Waals surface area contributed by atoms with Crippen molar-refractivity contribution in [2.45, 2.75) is 32.6 Å². The third-order valence-corrected chi connectivity index (χ3v) is 4.39. The van der Waals surface area contributed by atoms with Gasteiger partial charge in [0.25, 0.3) is 0 Å². The summed E-state index contributed by atoms with van der Waals surface area (Å²) in [6, 6.07) is 0. The molecule has 1 heterocycles. The van der Waals surface area contributed by atoms with Crippen molar-refractivity contribution < 1.29 is 4.79 Å². The number of rotatable bonds is 8. The van der Waals surface area contributed by atoms with E-state index in [1.807, 2.05) is 7.05 Å². The molecule has 0 fully saturated rings. The zero-order valence-electron chi connectivity index (χ0n) is 12.6. The fourth-order valence-corrected chi connectivity index (χ4v) is 2.83. The molecule has 0 amide bonds. The maximum absolute atomic E-state index is 11.1. The molecule has 1 unspecified atom stereocenters. The Bertz CT molecular complexity index is 403. The molecule has 0 bridgehead atoms. The highest BCUT2D eigenvalue weighted by Crippen LogP contribution is 2.30. The fraction of sp³-hybridized carbons (Fsp3) is 0.714. The summed E-state index contributed by atoms with van der Waals surface area (Å²) in [6.45, 7) is 6.27. The van der Waals surface area contributed by atoms with E-state index in [2.05, 4.69) is 42.7 Å². The second kappa shape index (κ2) is 7.60. The molecule has 4 nitrogen and oxygen atoms in total. The Hall–Kier alpha value is -0.940. The molecule has 0 aliphatic carbocycles. The van der Waals surface area contributed by atoms with Crippen LogP contribution in [-0.4, -0.2) is 50.4 Å². The summed E-state index contributed by atoms with van der Waals surface area (Å²) in [4.78, 5) is 20.9. The summed E-state index contributed by atoms with van der Waals surface area (Å²) in [7, 11) is 6.20.